The van der Waals surface area contributed by atoms with Crippen molar-refractivity contribution in [2.75, 3.05) is 5.32 Å². The molecule has 0 spiro atoms. The minimum atomic E-state index is -0.583. The molecule has 2 aromatic rings. The highest BCUT2D eigenvalue weighted by Crippen LogP contribution is 2.25. The average Bonchev–Trinajstić information content (AvgIpc) is 2.32. The van der Waals surface area contributed by atoms with Crippen LogP contribution in [0.5, 0.6) is 0 Å². The predicted octanol–water partition coefficient (Wildman–Crippen LogP) is 2.95. The fourth-order valence-corrected chi connectivity index (χ4v) is 2.11. The summed E-state index contributed by atoms with van der Waals surface area (Å²) >= 11 is 11.8. The Kier molecular flexibility index (Phi) is 4.11. The predicted molar refractivity (Wildman–Crippen MR) is 78.7 cm³/mol. The fraction of sp³-hybridized carbons (Fsp3) is 0.154. The summed E-state index contributed by atoms with van der Waals surface area (Å²) in [5.74, 6) is -0.134. The maximum absolute atomic E-state index is 12.2. The van der Waals surface area contributed by atoms with Crippen molar-refractivity contribution in [1.82, 2.24) is 9.97 Å². The van der Waals surface area contributed by atoms with Gasteiger partial charge in [0, 0.05) is 5.02 Å². The molecule has 5 nitrogen and oxygen atoms in total. The molecule has 0 saturated carbocycles. The molecule has 7 heteroatoms. The van der Waals surface area contributed by atoms with Crippen LogP contribution in [-0.2, 0) is 0 Å². The van der Waals surface area contributed by atoms with Crippen molar-refractivity contribution in [1.29, 1.82) is 0 Å². The number of H-pyrrole nitrogens is 1. The summed E-state index contributed by atoms with van der Waals surface area (Å²) in [5, 5.41) is 3.31. The van der Waals surface area contributed by atoms with Gasteiger partial charge in [-0.25, -0.2) is 4.98 Å². The first-order valence-electron chi connectivity index (χ1n) is 5.72. The van der Waals surface area contributed by atoms with Crippen molar-refractivity contribution < 1.29 is 4.79 Å². The Bertz CT molecular complexity index is 741. The van der Waals surface area contributed by atoms with Gasteiger partial charge >= 0.3 is 0 Å². The SMILES string of the molecule is Cc1nc(C)c(C(=O)Nc2cc(Cl)ccc2Cl)c(=O)[nH]1. The molecule has 1 aromatic heterocycles. The summed E-state index contributed by atoms with van der Waals surface area (Å²) in [6.45, 7) is 3.24. The maximum atomic E-state index is 12.2. The molecule has 1 aromatic carbocycles. The number of amides is 1. The zero-order valence-electron chi connectivity index (χ0n) is 10.8. The van der Waals surface area contributed by atoms with Gasteiger partial charge in [0.25, 0.3) is 11.5 Å². The van der Waals surface area contributed by atoms with E-state index in [1.54, 1.807) is 26.0 Å². The molecule has 20 heavy (non-hydrogen) atoms. The highest BCUT2D eigenvalue weighted by Gasteiger charge is 2.16. The highest BCUT2D eigenvalue weighted by atomic mass is 35.5. The van der Waals surface area contributed by atoms with Gasteiger partial charge in [0.2, 0.25) is 0 Å². The van der Waals surface area contributed by atoms with Gasteiger partial charge in [-0.15, -0.1) is 0 Å². The molecule has 104 valence electrons. The lowest BCUT2D eigenvalue weighted by atomic mass is 10.2. The minimum Gasteiger partial charge on any atom is -0.320 e. The number of halogens is 2. The Morgan fingerprint density at radius 1 is 1.30 bits per heavy atom. The number of anilines is 1. The summed E-state index contributed by atoms with van der Waals surface area (Å²) in [7, 11) is 0. The second kappa shape index (κ2) is 5.64. The van der Waals surface area contributed by atoms with Gasteiger partial charge in [0.05, 0.1) is 16.4 Å². The van der Waals surface area contributed by atoms with Gasteiger partial charge in [-0.2, -0.15) is 0 Å². The number of hydrogen-bond donors (Lipinski definition) is 2. The molecule has 0 fully saturated rings. The van der Waals surface area contributed by atoms with Crippen LogP contribution in [0.25, 0.3) is 0 Å². The van der Waals surface area contributed by atoms with E-state index in [9.17, 15) is 9.59 Å². The second-order valence-corrected chi connectivity index (χ2v) is 5.03. The quantitative estimate of drug-likeness (QED) is 0.895. The molecule has 0 aliphatic heterocycles. The lowest BCUT2D eigenvalue weighted by Gasteiger charge is -2.09. The molecular weight excluding hydrogens is 301 g/mol. The molecule has 2 rings (SSSR count). The Hall–Kier alpha value is -1.85. The number of hydrogen-bond acceptors (Lipinski definition) is 3. The zero-order valence-corrected chi connectivity index (χ0v) is 12.3. The molecule has 1 amide bonds. The van der Waals surface area contributed by atoms with Crippen molar-refractivity contribution in [3.05, 3.63) is 55.7 Å². The van der Waals surface area contributed by atoms with E-state index in [0.29, 0.717) is 27.3 Å². The van der Waals surface area contributed by atoms with Crippen LogP contribution >= 0.6 is 23.2 Å². The first kappa shape index (κ1) is 14.6. The summed E-state index contributed by atoms with van der Waals surface area (Å²) in [4.78, 5) is 30.5. The van der Waals surface area contributed by atoms with Gasteiger partial charge in [-0.3, -0.25) is 9.59 Å². The van der Waals surface area contributed by atoms with Crippen molar-refractivity contribution in [2.24, 2.45) is 0 Å². The normalized spacial score (nSPS) is 10.4. The van der Waals surface area contributed by atoms with E-state index in [2.05, 4.69) is 15.3 Å². The van der Waals surface area contributed by atoms with Crippen LogP contribution in [0.15, 0.2) is 23.0 Å². The first-order chi connectivity index (χ1) is 9.38. The van der Waals surface area contributed by atoms with Crippen LogP contribution in [0.1, 0.15) is 21.9 Å². The van der Waals surface area contributed by atoms with Crippen LogP contribution < -0.4 is 10.9 Å². The van der Waals surface area contributed by atoms with E-state index in [1.165, 1.54) is 6.07 Å². The molecule has 0 saturated heterocycles. The maximum Gasteiger partial charge on any atom is 0.264 e. The summed E-state index contributed by atoms with van der Waals surface area (Å²) in [6.07, 6.45) is 0. The van der Waals surface area contributed by atoms with Crippen LogP contribution in [0.4, 0.5) is 5.69 Å². The number of aryl methyl sites for hydroxylation is 2. The molecule has 0 atom stereocenters. The Morgan fingerprint density at radius 2 is 2.00 bits per heavy atom. The van der Waals surface area contributed by atoms with Crippen molar-refractivity contribution >= 4 is 34.8 Å². The average molecular weight is 312 g/mol. The smallest absolute Gasteiger partial charge is 0.264 e. The fourth-order valence-electron chi connectivity index (χ4n) is 1.77. The minimum absolute atomic E-state index is 0.0494. The van der Waals surface area contributed by atoms with Crippen molar-refractivity contribution in [2.45, 2.75) is 13.8 Å². The molecule has 0 aliphatic carbocycles. The Balaban J connectivity index is 2.38. The van der Waals surface area contributed by atoms with E-state index >= 15 is 0 Å². The number of rotatable bonds is 2. The van der Waals surface area contributed by atoms with E-state index in [0.717, 1.165) is 0 Å². The van der Waals surface area contributed by atoms with E-state index in [-0.39, 0.29) is 5.56 Å². The lowest BCUT2D eigenvalue weighted by Crippen LogP contribution is -2.26. The number of carbonyl (C=O) groups excluding carboxylic acids is 1. The third-order valence-electron chi connectivity index (χ3n) is 2.62. The number of aromatic amines is 1. The molecular formula is C13H11Cl2N3O2. The standard InChI is InChI=1S/C13H11Cl2N3O2/c1-6-11(12(19)17-7(2)16-6)13(20)18-10-5-8(14)3-4-9(10)15/h3-5H,1-2H3,(H,18,20)(H,16,17,19). The monoisotopic (exact) mass is 311 g/mol. The van der Waals surface area contributed by atoms with E-state index < -0.39 is 11.5 Å². The Morgan fingerprint density at radius 3 is 2.65 bits per heavy atom. The molecule has 1 heterocycles. The summed E-state index contributed by atoms with van der Waals surface area (Å²) < 4.78 is 0. The number of aromatic nitrogens is 2. The zero-order chi connectivity index (χ0) is 14.9. The van der Waals surface area contributed by atoms with Crippen LogP contribution in [0, 0.1) is 13.8 Å². The molecule has 0 aliphatic rings. The molecule has 0 radical (unpaired) electrons. The number of benzene rings is 1. The lowest BCUT2D eigenvalue weighted by molar-refractivity contribution is 0.102. The Labute approximate surface area is 125 Å². The van der Waals surface area contributed by atoms with Gasteiger partial charge in [-0.05, 0) is 32.0 Å². The topological polar surface area (TPSA) is 74.8 Å². The van der Waals surface area contributed by atoms with Gasteiger partial charge in [0.1, 0.15) is 11.4 Å². The third kappa shape index (κ3) is 3.00. The van der Waals surface area contributed by atoms with Gasteiger partial charge in [-0.1, -0.05) is 23.2 Å². The van der Waals surface area contributed by atoms with Crippen LogP contribution in [0.3, 0.4) is 0 Å². The van der Waals surface area contributed by atoms with Crippen LogP contribution in [-0.4, -0.2) is 15.9 Å². The highest BCUT2D eigenvalue weighted by molar-refractivity contribution is 6.35. The van der Waals surface area contributed by atoms with Gasteiger partial charge < -0.3 is 10.3 Å². The summed E-state index contributed by atoms with van der Waals surface area (Å²) in [6, 6.07) is 4.67. The van der Waals surface area contributed by atoms with Gasteiger partial charge in [0.15, 0.2) is 0 Å². The number of carbonyl (C=O) groups is 1. The van der Waals surface area contributed by atoms with E-state index in [4.69, 9.17) is 23.2 Å². The number of nitrogens with zero attached hydrogens (tertiary/aromatic N) is 1. The first-order valence-corrected chi connectivity index (χ1v) is 6.48. The van der Waals surface area contributed by atoms with E-state index in [1.807, 2.05) is 0 Å². The summed E-state index contributed by atoms with van der Waals surface area (Å²) in [5.41, 5.74) is 0.141. The molecule has 2 N–H and O–H groups in total. The second-order valence-electron chi connectivity index (χ2n) is 4.19. The number of nitrogens with one attached hydrogen (secondary N) is 2. The molecule has 0 unspecified atom stereocenters. The third-order valence-corrected chi connectivity index (χ3v) is 3.19. The largest absolute Gasteiger partial charge is 0.320 e. The molecule has 0 bridgehead atoms. The van der Waals surface area contributed by atoms with Crippen molar-refractivity contribution in [3.8, 4) is 0 Å². The van der Waals surface area contributed by atoms with Crippen molar-refractivity contribution in [3.63, 3.8) is 0 Å². The van der Waals surface area contributed by atoms with Crippen LogP contribution in [0.2, 0.25) is 10.0 Å².